The maximum absolute atomic E-state index is 4.27. The van der Waals surface area contributed by atoms with Crippen LogP contribution in [0.5, 0.6) is 0 Å². The second-order valence-electron chi connectivity index (χ2n) is 5.23. The molecule has 2 heterocycles. The fraction of sp³-hybridized carbons (Fsp3) is 0.750. The largest absolute Gasteiger partial charge is 0.328 e. The van der Waals surface area contributed by atoms with Crippen molar-refractivity contribution in [1.82, 2.24) is 19.4 Å². The number of rotatable bonds is 3. The molecule has 0 fully saturated rings. The molecular formula is C12H22N4. The Kier molecular flexibility index (Phi) is 3.30. The van der Waals surface area contributed by atoms with Gasteiger partial charge in [0, 0.05) is 31.9 Å². The Labute approximate surface area is 97.9 Å². The van der Waals surface area contributed by atoms with Gasteiger partial charge in [-0.3, -0.25) is 4.90 Å². The van der Waals surface area contributed by atoms with Crippen LogP contribution in [0.3, 0.4) is 0 Å². The number of fused-ring (bicyclic) bond motifs is 1. The molecule has 0 N–H and O–H groups in total. The highest BCUT2D eigenvalue weighted by Crippen LogP contribution is 2.22. The lowest BCUT2D eigenvalue weighted by Gasteiger charge is -2.37. The molecule has 4 heteroatoms. The summed E-state index contributed by atoms with van der Waals surface area (Å²) in [5.41, 5.74) is 1.34. The molecule has 1 aliphatic heterocycles. The van der Waals surface area contributed by atoms with E-state index in [9.17, 15) is 0 Å². The molecule has 1 aromatic heterocycles. The number of likely N-dealkylation sites (N-methyl/N-ethyl adjacent to an activating group) is 1. The summed E-state index contributed by atoms with van der Waals surface area (Å²) < 4.78 is 2.33. The highest BCUT2D eigenvalue weighted by Gasteiger charge is 2.26. The fourth-order valence-corrected chi connectivity index (χ4v) is 2.38. The van der Waals surface area contributed by atoms with Crippen molar-refractivity contribution in [2.24, 2.45) is 0 Å². The van der Waals surface area contributed by atoms with E-state index in [1.807, 2.05) is 12.5 Å². The second kappa shape index (κ2) is 4.55. The van der Waals surface area contributed by atoms with E-state index in [4.69, 9.17) is 0 Å². The van der Waals surface area contributed by atoms with E-state index in [1.54, 1.807) is 0 Å². The summed E-state index contributed by atoms with van der Waals surface area (Å²) in [6, 6.07) is 1.14. The lowest BCUT2D eigenvalue weighted by molar-refractivity contribution is 0.132. The average Bonchev–Trinajstić information content (AvgIpc) is 2.64. The molecule has 16 heavy (non-hydrogen) atoms. The summed E-state index contributed by atoms with van der Waals surface area (Å²) in [4.78, 5) is 9.04. The number of nitrogens with zero attached hydrogens (tertiary/aromatic N) is 4. The molecule has 0 aliphatic carbocycles. The summed E-state index contributed by atoms with van der Waals surface area (Å²) in [5.74, 6) is 0. The third-order valence-corrected chi connectivity index (χ3v) is 3.26. The number of aromatic nitrogens is 2. The highest BCUT2D eigenvalue weighted by molar-refractivity contribution is 5.05. The molecule has 0 amide bonds. The van der Waals surface area contributed by atoms with Gasteiger partial charge < -0.3 is 9.47 Å². The summed E-state index contributed by atoms with van der Waals surface area (Å²) in [7, 11) is 4.26. The molecule has 2 rings (SSSR count). The van der Waals surface area contributed by atoms with E-state index in [-0.39, 0.29) is 0 Å². The van der Waals surface area contributed by atoms with Gasteiger partial charge in [-0.15, -0.1) is 0 Å². The van der Waals surface area contributed by atoms with Crippen LogP contribution in [-0.4, -0.2) is 52.6 Å². The van der Waals surface area contributed by atoms with Crippen molar-refractivity contribution >= 4 is 0 Å². The molecule has 0 radical (unpaired) electrons. The molecule has 1 aliphatic rings. The number of imidazole rings is 1. The van der Waals surface area contributed by atoms with Crippen LogP contribution in [0.1, 0.15) is 25.6 Å². The molecule has 0 saturated heterocycles. The van der Waals surface area contributed by atoms with Gasteiger partial charge in [0.15, 0.2) is 0 Å². The Morgan fingerprint density at radius 1 is 1.50 bits per heavy atom. The SMILES string of the molecule is CC(C)N1Cc2cncn2C(CN(C)C)C1. The lowest BCUT2D eigenvalue weighted by atomic mass is 10.1. The first kappa shape index (κ1) is 11.6. The van der Waals surface area contributed by atoms with Crippen molar-refractivity contribution in [2.75, 3.05) is 27.2 Å². The molecule has 1 atom stereocenters. The summed E-state index contributed by atoms with van der Waals surface area (Å²) >= 11 is 0. The van der Waals surface area contributed by atoms with Gasteiger partial charge in [0.05, 0.1) is 18.1 Å². The minimum absolute atomic E-state index is 0.531. The Hall–Kier alpha value is -0.870. The first-order valence-corrected chi connectivity index (χ1v) is 5.97. The normalized spacial score (nSPS) is 21.8. The van der Waals surface area contributed by atoms with Gasteiger partial charge in [-0.05, 0) is 27.9 Å². The Morgan fingerprint density at radius 3 is 2.88 bits per heavy atom. The standard InChI is InChI=1S/C12H22N4/c1-10(2)15-7-11-5-13-9-16(11)12(8-15)6-14(3)4/h5,9-10,12H,6-8H2,1-4H3. The van der Waals surface area contributed by atoms with Crippen molar-refractivity contribution in [3.05, 3.63) is 18.2 Å². The fourth-order valence-electron chi connectivity index (χ4n) is 2.38. The molecule has 1 aromatic rings. The highest BCUT2D eigenvalue weighted by atomic mass is 15.3. The molecule has 4 nitrogen and oxygen atoms in total. The van der Waals surface area contributed by atoms with E-state index < -0.39 is 0 Å². The summed E-state index contributed by atoms with van der Waals surface area (Å²) in [6.07, 6.45) is 3.97. The molecule has 0 saturated carbocycles. The third kappa shape index (κ3) is 2.28. The molecule has 1 unspecified atom stereocenters. The molecule has 0 bridgehead atoms. The average molecular weight is 222 g/mol. The number of hydrogen-bond donors (Lipinski definition) is 0. The van der Waals surface area contributed by atoms with E-state index in [0.29, 0.717) is 12.1 Å². The minimum Gasteiger partial charge on any atom is -0.328 e. The summed E-state index contributed by atoms with van der Waals surface area (Å²) in [5, 5.41) is 0. The van der Waals surface area contributed by atoms with E-state index in [0.717, 1.165) is 19.6 Å². The van der Waals surface area contributed by atoms with Gasteiger partial charge in [0.2, 0.25) is 0 Å². The van der Waals surface area contributed by atoms with E-state index in [2.05, 4.69) is 47.3 Å². The van der Waals surface area contributed by atoms with Crippen molar-refractivity contribution in [1.29, 1.82) is 0 Å². The monoisotopic (exact) mass is 222 g/mol. The maximum atomic E-state index is 4.27. The quantitative estimate of drug-likeness (QED) is 0.768. The van der Waals surface area contributed by atoms with Crippen LogP contribution in [0, 0.1) is 0 Å². The van der Waals surface area contributed by atoms with Crippen LogP contribution in [-0.2, 0) is 6.54 Å². The molecule has 0 spiro atoms. The van der Waals surface area contributed by atoms with Gasteiger partial charge in [-0.2, -0.15) is 0 Å². The van der Waals surface area contributed by atoms with Crippen LogP contribution in [0.15, 0.2) is 12.5 Å². The van der Waals surface area contributed by atoms with Gasteiger partial charge in [0.1, 0.15) is 0 Å². The summed E-state index contributed by atoms with van der Waals surface area (Å²) in [6.45, 7) is 7.75. The third-order valence-electron chi connectivity index (χ3n) is 3.26. The zero-order valence-electron chi connectivity index (χ0n) is 10.7. The Balaban J connectivity index is 2.19. The van der Waals surface area contributed by atoms with Gasteiger partial charge >= 0.3 is 0 Å². The van der Waals surface area contributed by atoms with E-state index >= 15 is 0 Å². The van der Waals surface area contributed by atoms with Crippen molar-refractivity contribution in [2.45, 2.75) is 32.5 Å². The smallest absolute Gasteiger partial charge is 0.0952 e. The molecular weight excluding hydrogens is 200 g/mol. The Morgan fingerprint density at radius 2 is 2.25 bits per heavy atom. The van der Waals surface area contributed by atoms with Crippen LogP contribution >= 0.6 is 0 Å². The number of hydrogen-bond acceptors (Lipinski definition) is 3. The van der Waals surface area contributed by atoms with Gasteiger partial charge in [0.25, 0.3) is 0 Å². The van der Waals surface area contributed by atoms with Gasteiger partial charge in [-0.25, -0.2) is 4.98 Å². The zero-order chi connectivity index (χ0) is 11.7. The minimum atomic E-state index is 0.531. The van der Waals surface area contributed by atoms with Crippen molar-refractivity contribution < 1.29 is 0 Å². The molecule has 90 valence electrons. The van der Waals surface area contributed by atoms with Crippen LogP contribution < -0.4 is 0 Å². The van der Waals surface area contributed by atoms with Crippen LogP contribution in [0.4, 0.5) is 0 Å². The van der Waals surface area contributed by atoms with Gasteiger partial charge in [-0.1, -0.05) is 0 Å². The predicted molar refractivity (Wildman–Crippen MR) is 65.4 cm³/mol. The maximum Gasteiger partial charge on any atom is 0.0952 e. The first-order valence-electron chi connectivity index (χ1n) is 5.97. The second-order valence-corrected chi connectivity index (χ2v) is 5.23. The molecule has 0 aromatic carbocycles. The topological polar surface area (TPSA) is 24.3 Å². The predicted octanol–water partition coefficient (Wildman–Crippen LogP) is 1.21. The van der Waals surface area contributed by atoms with E-state index in [1.165, 1.54) is 5.69 Å². The Bertz CT molecular complexity index is 343. The zero-order valence-corrected chi connectivity index (χ0v) is 10.7. The first-order chi connectivity index (χ1) is 7.58. The van der Waals surface area contributed by atoms with Crippen molar-refractivity contribution in [3.8, 4) is 0 Å². The van der Waals surface area contributed by atoms with Crippen LogP contribution in [0.25, 0.3) is 0 Å². The van der Waals surface area contributed by atoms with Crippen molar-refractivity contribution in [3.63, 3.8) is 0 Å². The van der Waals surface area contributed by atoms with Crippen LogP contribution in [0.2, 0.25) is 0 Å². The lowest BCUT2D eigenvalue weighted by Crippen LogP contribution is -2.43.